The van der Waals surface area contributed by atoms with Crippen molar-refractivity contribution in [1.29, 1.82) is 0 Å². The van der Waals surface area contributed by atoms with E-state index in [2.05, 4.69) is 21.5 Å². The molecule has 1 aliphatic heterocycles. The normalized spacial score (nSPS) is 17.1. The Balaban J connectivity index is 1.38. The smallest absolute Gasteiger partial charge is 0.178 e. The summed E-state index contributed by atoms with van der Waals surface area (Å²) in [5.41, 5.74) is 3.27. The summed E-state index contributed by atoms with van der Waals surface area (Å²) in [5.74, 6) is 0.168. The number of aliphatic hydroxyl groups is 1. The molecule has 1 fully saturated rings. The van der Waals surface area contributed by atoms with Crippen LogP contribution in [0.15, 0.2) is 36.5 Å². The topological polar surface area (TPSA) is 63.3 Å². The molecule has 1 N–H and O–H groups in total. The van der Waals surface area contributed by atoms with Gasteiger partial charge in [-0.25, -0.2) is 0 Å². The zero-order chi connectivity index (χ0) is 20.6. The molecule has 1 aliphatic rings. The third-order valence-corrected chi connectivity index (χ3v) is 6.34. The van der Waals surface area contributed by atoms with Gasteiger partial charge in [0.05, 0.1) is 30.4 Å². The summed E-state index contributed by atoms with van der Waals surface area (Å²) >= 11 is 0. The second kappa shape index (κ2) is 7.76. The van der Waals surface area contributed by atoms with Crippen molar-refractivity contribution in [2.75, 3.05) is 19.6 Å². The molecule has 3 heterocycles. The van der Waals surface area contributed by atoms with E-state index in [1.54, 1.807) is 0 Å². The molecule has 0 radical (unpaired) electrons. The predicted octanol–water partition coefficient (Wildman–Crippen LogP) is 3.18. The second-order valence-electron chi connectivity index (χ2n) is 8.31. The first-order valence-electron chi connectivity index (χ1n) is 10.5. The van der Waals surface area contributed by atoms with Gasteiger partial charge in [0.15, 0.2) is 5.78 Å². The maximum atomic E-state index is 12.8. The first-order chi connectivity index (χ1) is 13.9. The summed E-state index contributed by atoms with van der Waals surface area (Å²) in [6.07, 6.45) is 3.13. The molecule has 4 rings (SSSR count). The standard InChI is InChI=1S/C23H30N4O2/c1-4-26-17(2)13-20(18(26)3)22(28)15-25-11-9-23(29,10-12-25)16-27-21-8-6-5-7-19(21)14-24-27/h5-8,13-14,29H,4,9-12,15-16H2,1-3H3. The van der Waals surface area contributed by atoms with Gasteiger partial charge in [0, 0.05) is 42.0 Å². The lowest BCUT2D eigenvalue weighted by Gasteiger charge is -2.37. The van der Waals surface area contributed by atoms with Gasteiger partial charge in [-0.1, -0.05) is 18.2 Å². The molecule has 6 nitrogen and oxygen atoms in total. The van der Waals surface area contributed by atoms with Gasteiger partial charge in [0.25, 0.3) is 0 Å². The molecule has 1 aromatic carbocycles. The van der Waals surface area contributed by atoms with Crippen LogP contribution >= 0.6 is 0 Å². The van der Waals surface area contributed by atoms with Crippen LogP contribution in [0.25, 0.3) is 10.9 Å². The van der Waals surface area contributed by atoms with E-state index in [9.17, 15) is 9.90 Å². The summed E-state index contributed by atoms with van der Waals surface area (Å²) in [6.45, 7) is 9.38. The van der Waals surface area contributed by atoms with Crippen LogP contribution in [0.3, 0.4) is 0 Å². The van der Waals surface area contributed by atoms with Gasteiger partial charge >= 0.3 is 0 Å². The highest BCUT2D eigenvalue weighted by atomic mass is 16.3. The van der Waals surface area contributed by atoms with Crippen molar-refractivity contribution >= 4 is 16.7 Å². The lowest BCUT2D eigenvalue weighted by atomic mass is 9.91. The SMILES string of the molecule is CCn1c(C)cc(C(=O)CN2CCC(O)(Cn3ncc4ccccc43)CC2)c1C. The van der Waals surface area contributed by atoms with Gasteiger partial charge < -0.3 is 9.67 Å². The zero-order valence-corrected chi connectivity index (χ0v) is 17.6. The van der Waals surface area contributed by atoms with E-state index in [0.717, 1.165) is 34.4 Å². The van der Waals surface area contributed by atoms with E-state index in [-0.39, 0.29) is 5.78 Å². The molecular weight excluding hydrogens is 364 g/mol. The van der Waals surface area contributed by atoms with Crippen LogP contribution in [-0.2, 0) is 13.1 Å². The van der Waals surface area contributed by atoms with E-state index in [1.165, 1.54) is 0 Å². The molecule has 0 amide bonds. The average Bonchev–Trinajstić information content (AvgIpc) is 3.24. The summed E-state index contributed by atoms with van der Waals surface area (Å²) < 4.78 is 4.08. The molecule has 0 unspecified atom stereocenters. The van der Waals surface area contributed by atoms with Crippen molar-refractivity contribution < 1.29 is 9.90 Å². The Hall–Kier alpha value is -2.44. The van der Waals surface area contributed by atoms with E-state index >= 15 is 0 Å². The summed E-state index contributed by atoms with van der Waals surface area (Å²) in [6, 6.07) is 10.1. The number of nitrogens with zero attached hydrogens (tertiary/aromatic N) is 4. The number of aryl methyl sites for hydroxylation is 1. The minimum absolute atomic E-state index is 0.168. The number of Topliss-reactive ketones (excluding diaryl/α,β-unsaturated/α-hetero) is 1. The highest BCUT2D eigenvalue weighted by molar-refractivity contribution is 5.99. The molecule has 29 heavy (non-hydrogen) atoms. The number of hydrogen-bond donors (Lipinski definition) is 1. The molecule has 0 bridgehead atoms. The number of carbonyl (C=O) groups excluding carboxylic acids is 1. The number of aromatic nitrogens is 3. The third kappa shape index (κ3) is 3.87. The fraction of sp³-hybridized carbons (Fsp3) is 0.478. The van der Waals surface area contributed by atoms with Crippen LogP contribution in [0.2, 0.25) is 0 Å². The molecule has 0 spiro atoms. The Morgan fingerprint density at radius 2 is 1.93 bits per heavy atom. The Morgan fingerprint density at radius 3 is 2.62 bits per heavy atom. The van der Waals surface area contributed by atoms with Gasteiger partial charge in [-0.2, -0.15) is 5.10 Å². The number of likely N-dealkylation sites (tertiary alicyclic amines) is 1. The van der Waals surface area contributed by atoms with E-state index < -0.39 is 5.60 Å². The highest BCUT2D eigenvalue weighted by Gasteiger charge is 2.34. The zero-order valence-electron chi connectivity index (χ0n) is 17.6. The van der Waals surface area contributed by atoms with Crippen molar-refractivity contribution in [3.05, 3.63) is 53.5 Å². The first kappa shape index (κ1) is 19.9. The van der Waals surface area contributed by atoms with Gasteiger partial charge in [-0.3, -0.25) is 14.4 Å². The first-order valence-corrected chi connectivity index (χ1v) is 10.5. The molecule has 2 aromatic heterocycles. The Kier molecular flexibility index (Phi) is 5.32. The summed E-state index contributed by atoms with van der Waals surface area (Å²) in [7, 11) is 0. The minimum atomic E-state index is -0.785. The number of hydrogen-bond acceptors (Lipinski definition) is 4. The van der Waals surface area contributed by atoms with E-state index in [4.69, 9.17) is 0 Å². The van der Waals surface area contributed by atoms with Gasteiger partial charge in [-0.15, -0.1) is 0 Å². The highest BCUT2D eigenvalue weighted by Crippen LogP contribution is 2.26. The predicted molar refractivity (Wildman–Crippen MR) is 114 cm³/mol. The van der Waals surface area contributed by atoms with Crippen LogP contribution < -0.4 is 0 Å². The Morgan fingerprint density at radius 1 is 1.21 bits per heavy atom. The quantitative estimate of drug-likeness (QED) is 0.652. The van der Waals surface area contributed by atoms with Crippen LogP contribution in [0.1, 0.15) is 41.5 Å². The maximum absolute atomic E-state index is 12.8. The molecule has 3 aromatic rings. The van der Waals surface area contributed by atoms with E-state index in [0.29, 0.717) is 39.0 Å². The molecule has 0 atom stereocenters. The Labute approximate surface area is 171 Å². The average molecular weight is 395 g/mol. The molecule has 154 valence electrons. The van der Waals surface area contributed by atoms with Gasteiger partial charge in [0.1, 0.15) is 0 Å². The number of para-hydroxylation sites is 1. The fourth-order valence-corrected chi connectivity index (χ4v) is 4.57. The van der Waals surface area contributed by atoms with Crippen molar-refractivity contribution in [1.82, 2.24) is 19.2 Å². The Bertz CT molecular complexity index is 1020. The van der Waals surface area contributed by atoms with Gasteiger partial charge in [-0.05, 0) is 45.7 Å². The largest absolute Gasteiger partial charge is 0.388 e. The van der Waals surface area contributed by atoms with Gasteiger partial charge in [0.2, 0.25) is 0 Å². The monoisotopic (exact) mass is 394 g/mol. The summed E-state index contributed by atoms with van der Waals surface area (Å²) in [5, 5.41) is 16.7. The number of fused-ring (bicyclic) bond motifs is 1. The van der Waals surface area contributed by atoms with Crippen LogP contribution in [0.5, 0.6) is 0 Å². The molecular formula is C23H30N4O2. The van der Waals surface area contributed by atoms with Crippen LogP contribution in [-0.4, -0.2) is 55.4 Å². The number of ketones is 1. The third-order valence-electron chi connectivity index (χ3n) is 6.34. The lowest BCUT2D eigenvalue weighted by Crippen LogP contribution is -2.48. The summed E-state index contributed by atoms with van der Waals surface area (Å²) in [4.78, 5) is 15.0. The van der Waals surface area contributed by atoms with Crippen molar-refractivity contribution in [3.63, 3.8) is 0 Å². The number of benzene rings is 1. The van der Waals surface area contributed by atoms with E-state index in [1.807, 2.05) is 55.1 Å². The van der Waals surface area contributed by atoms with Crippen LogP contribution in [0, 0.1) is 13.8 Å². The minimum Gasteiger partial charge on any atom is -0.388 e. The number of carbonyl (C=O) groups is 1. The van der Waals surface area contributed by atoms with Crippen molar-refractivity contribution in [2.45, 2.75) is 52.3 Å². The fourth-order valence-electron chi connectivity index (χ4n) is 4.57. The van der Waals surface area contributed by atoms with Crippen LogP contribution in [0.4, 0.5) is 0 Å². The molecule has 6 heteroatoms. The maximum Gasteiger partial charge on any atom is 0.178 e. The van der Waals surface area contributed by atoms with Crippen molar-refractivity contribution in [3.8, 4) is 0 Å². The molecule has 0 saturated carbocycles. The second-order valence-corrected chi connectivity index (χ2v) is 8.31. The molecule has 1 saturated heterocycles. The van der Waals surface area contributed by atoms with Crippen molar-refractivity contribution in [2.24, 2.45) is 0 Å². The number of piperidine rings is 1. The number of rotatable bonds is 6. The lowest BCUT2D eigenvalue weighted by molar-refractivity contribution is -0.0342. The molecule has 0 aliphatic carbocycles.